The lowest BCUT2D eigenvalue weighted by Crippen LogP contribution is -2.42. The van der Waals surface area contributed by atoms with Crippen LogP contribution in [0.1, 0.15) is 26.8 Å². The largest absolute Gasteiger partial charge is 0.492 e. The molecule has 1 amide bonds. The number of ether oxygens (including phenoxy) is 1. The highest BCUT2D eigenvalue weighted by Crippen LogP contribution is 2.23. The molecule has 0 aliphatic carbocycles. The van der Waals surface area contributed by atoms with Crippen molar-refractivity contribution in [2.75, 3.05) is 11.9 Å². The molecule has 0 aliphatic rings. The molecule has 1 N–H and O–H groups in total. The van der Waals surface area contributed by atoms with Gasteiger partial charge in [-0.25, -0.2) is 4.79 Å². The first-order valence-corrected chi connectivity index (χ1v) is 9.38. The van der Waals surface area contributed by atoms with Gasteiger partial charge in [-0.2, -0.15) is 4.37 Å². The maximum Gasteiger partial charge on any atom is 0.332 e. The second-order valence-corrected chi connectivity index (χ2v) is 6.79. The molecule has 0 unspecified atom stereocenters. The molecule has 0 aliphatic heterocycles. The fourth-order valence-corrected chi connectivity index (χ4v) is 3.47. The molecule has 0 atom stereocenters. The van der Waals surface area contributed by atoms with Gasteiger partial charge >= 0.3 is 5.69 Å². The molecule has 27 heavy (non-hydrogen) atoms. The van der Waals surface area contributed by atoms with Crippen molar-refractivity contribution in [2.45, 2.75) is 33.4 Å². The number of amides is 1. The summed E-state index contributed by atoms with van der Waals surface area (Å²) < 4.78 is 12.0. The molecule has 0 spiro atoms. The Morgan fingerprint density at radius 1 is 1.30 bits per heavy atom. The van der Waals surface area contributed by atoms with Gasteiger partial charge in [-0.1, -0.05) is 12.1 Å². The maximum atomic E-state index is 12.8. The Bertz CT molecular complexity index is 1100. The summed E-state index contributed by atoms with van der Waals surface area (Å²) in [6.07, 6.45) is 0. The minimum atomic E-state index is -0.532. The fraction of sp³-hybridized carbons (Fsp3) is 0.333. The molecule has 0 bridgehead atoms. The van der Waals surface area contributed by atoms with E-state index >= 15 is 0 Å². The van der Waals surface area contributed by atoms with E-state index in [0.717, 1.165) is 16.1 Å². The average Bonchev–Trinajstić information content (AvgIpc) is 3.10. The number of hydrogen-bond acceptors (Lipinski definition) is 6. The highest BCUT2D eigenvalue weighted by molar-refractivity contribution is 7.04. The van der Waals surface area contributed by atoms with Crippen LogP contribution < -0.4 is 21.3 Å². The zero-order valence-corrected chi connectivity index (χ0v) is 16.1. The zero-order valence-electron chi connectivity index (χ0n) is 15.3. The Labute approximate surface area is 159 Å². The number of aromatic nitrogens is 3. The topological polar surface area (TPSA) is 95.2 Å². The van der Waals surface area contributed by atoms with Crippen LogP contribution in [0.5, 0.6) is 5.75 Å². The number of fused-ring (bicyclic) bond motifs is 1. The number of carbonyl (C=O) groups is 1. The Balaban J connectivity index is 1.98. The van der Waals surface area contributed by atoms with Crippen molar-refractivity contribution in [3.63, 3.8) is 0 Å². The molecule has 0 saturated heterocycles. The van der Waals surface area contributed by atoms with Gasteiger partial charge in [0.2, 0.25) is 5.91 Å². The molecule has 3 aromatic rings. The van der Waals surface area contributed by atoms with Gasteiger partial charge < -0.3 is 10.1 Å². The highest BCUT2D eigenvalue weighted by Gasteiger charge is 2.19. The number of hydrogen-bond donors (Lipinski definition) is 1. The van der Waals surface area contributed by atoms with Gasteiger partial charge in [0.25, 0.3) is 5.56 Å². The molecule has 9 heteroatoms. The van der Waals surface area contributed by atoms with Crippen LogP contribution >= 0.6 is 11.5 Å². The van der Waals surface area contributed by atoms with Crippen molar-refractivity contribution in [3.05, 3.63) is 50.5 Å². The first-order valence-electron chi connectivity index (χ1n) is 8.55. The van der Waals surface area contributed by atoms with Crippen molar-refractivity contribution in [1.82, 2.24) is 13.5 Å². The third kappa shape index (κ3) is 3.63. The average molecular weight is 388 g/mol. The van der Waals surface area contributed by atoms with Gasteiger partial charge in [0.1, 0.15) is 12.3 Å². The molecule has 2 heterocycles. The Morgan fingerprint density at radius 3 is 2.74 bits per heavy atom. The van der Waals surface area contributed by atoms with Gasteiger partial charge in [-0.05, 0) is 44.4 Å². The van der Waals surface area contributed by atoms with Crippen molar-refractivity contribution in [1.29, 1.82) is 0 Å². The number of nitrogens with zero attached hydrogens (tertiary/aromatic N) is 3. The van der Waals surface area contributed by atoms with Crippen LogP contribution in [0.25, 0.3) is 11.0 Å². The molecule has 2 aromatic heterocycles. The quantitative estimate of drug-likeness (QED) is 0.699. The zero-order chi connectivity index (χ0) is 19.6. The smallest absolute Gasteiger partial charge is 0.332 e. The summed E-state index contributed by atoms with van der Waals surface area (Å²) in [7, 11) is 0. The first kappa shape index (κ1) is 18.8. The summed E-state index contributed by atoms with van der Waals surface area (Å²) in [6.45, 7) is 5.56. The minimum absolute atomic E-state index is 0.191. The van der Waals surface area contributed by atoms with E-state index in [2.05, 4.69) is 9.69 Å². The van der Waals surface area contributed by atoms with Crippen molar-refractivity contribution in [3.8, 4) is 5.75 Å². The predicted octanol–water partition coefficient (Wildman–Crippen LogP) is 2.24. The van der Waals surface area contributed by atoms with E-state index in [-0.39, 0.29) is 18.1 Å². The van der Waals surface area contributed by atoms with E-state index in [9.17, 15) is 14.4 Å². The Hall–Kier alpha value is -2.94. The normalized spacial score (nSPS) is 11.1. The van der Waals surface area contributed by atoms with E-state index < -0.39 is 17.2 Å². The van der Waals surface area contributed by atoms with Crippen LogP contribution in [-0.2, 0) is 11.3 Å². The molecular formula is C18H20N4O4S. The summed E-state index contributed by atoms with van der Waals surface area (Å²) in [4.78, 5) is 37.9. The van der Waals surface area contributed by atoms with Gasteiger partial charge in [-0.15, -0.1) is 0 Å². The van der Waals surface area contributed by atoms with Crippen molar-refractivity contribution >= 4 is 34.2 Å². The number of anilines is 1. The standard InChI is InChI=1S/C18H20N4O4S/c1-4-26-14-8-6-5-7-12(14)19-15(23)9-21-13-10-27-20-16(13)17(24)22(11(2)3)18(21)25/h5-8,10-11H,4,9H2,1-3H3,(H,19,23). The van der Waals surface area contributed by atoms with E-state index in [1.54, 1.807) is 37.4 Å². The first-order chi connectivity index (χ1) is 12.9. The molecule has 0 saturated carbocycles. The van der Waals surface area contributed by atoms with Crippen molar-refractivity contribution in [2.24, 2.45) is 0 Å². The van der Waals surface area contributed by atoms with E-state index in [1.807, 2.05) is 13.0 Å². The molecule has 3 rings (SSSR count). The highest BCUT2D eigenvalue weighted by atomic mass is 32.1. The van der Waals surface area contributed by atoms with Gasteiger partial charge in [0, 0.05) is 11.4 Å². The third-order valence-corrected chi connectivity index (χ3v) is 4.60. The summed E-state index contributed by atoms with van der Waals surface area (Å²) in [5, 5.41) is 4.36. The SMILES string of the molecule is CCOc1ccccc1NC(=O)Cn1c(=O)n(C(C)C)c(=O)c2nscc21. The summed E-state index contributed by atoms with van der Waals surface area (Å²) in [5.41, 5.74) is 0.103. The van der Waals surface area contributed by atoms with Crippen LogP contribution in [0.4, 0.5) is 5.69 Å². The molecule has 0 fully saturated rings. The molecule has 142 valence electrons. The number of benzene rings is 1. The van der Waals surface area contributed by atoms with Gasteiger partial charge in [0.05, 0.1) is 17.8 Å². The third-order valence-electron chi connectivity index (χ3n) is 3.98. The summed E-state index contributed by atoms with van der Waals surface area (Å²) in [6, 6.07) is 6.73. The van der Waals surface area contributed by atoms with E-state index in [1.165, 1.54) is 4.57 Å². The van der Waals surface area contributed by atoms with Crippen LogP contribution in [0.15, 0.2) is 39.2 Å². The van der Waals surface area contributed by atoms with Crippen LogP contribution in [0.2, 0.25) is 0 Å². The number of nitrogens with one attached hydrogen (secondary N) is 1. The van der Waals surface area contributed by atoms with Crippen LogP contribution in [-0.4, -0.2) is 26.0 Å². The van der Waals surface area contributed by atoms with Crippen molar-refractivity contribution < 1.29 is 9.53 Å². The van der Waals surface area contributed by atoms with Crippen LogP contribution in [0, 0.1) is 0 Å². The van der Waals surface area contributed by atoms with Gasteiger partial charge in [-0.3, -0.25) is 18.7 Å². The lowest BCUT2D eigenvalue weighted by atomic mass is 10.3. The Kier molecular flexibility index (Phi) is 5.41. The molecular weight excluding hydrogens is 368 g/mol. The molecule has 8 nitrogen and oxygen atoms in total. The number of carbonyl (C=O) groups excluding carboxylic acids is 1. The van der Waals surface area contributed by atoms with Crippen LogP contribution in [0.3, 0.4) is 0 Å². The Morgan fingerprint density at radius 2 is 2.04 bits per heavy atom. The van der Waals surface area contributed by atoms with Gasteiger partial charge in [0.15, 0.2) is 5.52 Å². The maximum absolute atomic E-state index is 12.8. The minimum Gasteiger partial charge on any atom is -0.492 e. The second kappa shape index (κ2) is 7.75. The lowest BCUT2D eigenvalue weighted by molar-refractivity contribution is -0.116. The monoisotopic (exact) mass is 388 g/mol. The molecule has 0 radical (unpaired) electrons. The van der Waals surface area contributed by atoms with E-state index in [0.29, 0.717) is 23.6 Å². The predicted molar refractivity (Wildman–Crippen MR) is 105 cm³/mol. The fourth-order valence-electron chi connectivity index (χ4n) is 2.80. The molecule has 1 aromatic carbocycles. The number of para-hydroxylation sites is 2. The lowest BCUT2D eigenvalue weighted by Gasteiger charge is -2.15. The summed E-state index contributed by atoms with van der Waals surface area (Å²) >= 11 is 1.08. The van der Waals surface area contributed by atoms with E-state index in [4.69, 9.17) is 4.74 Å². The summed E-state index contributed by atoms with van der Waals surface area (Å²) in [5.74, 6) is 0.154. The number of rotatable bonds is 6. The second-order valence-electron chi connectivity index (χ2n) is 6.16.